The highest BCUT2D eigenvalue weighted by Gasteiger charge is 2.38. The third-order valence-corrected chi connectivity index (χ3v) is 6.05. The highest BCUT2D eigenvalue weighted by molar-refractivity contribution is 9.10. The molecule has 2 heterocycles. The second-order valence-electron chi connectivity index (χ2n) is 6.95. The van der Waals surface area contributed by atoms with Crippen molar-refractivity contribution in [2.45, 2.75) is 6.92 Å². The third-order valence-electron chi connectivity index (χ3n) is 4.97. The number of carbonyl (C=O) groups is 2. The molecular formula is C24H16BrCl2NO4. The van der Waals surface area contributed by atoms with Gasteiger partial charge in [-0.05, 0) is 61.5 Å². The summed E-state index contributed by atoms with van der Waals surface area (Å²) >= 11 is 15.7. The Hall–Kier alpha value is -2.80. The Bertz CT molecular complexity index is 1290. The standard InChI is InChI=1S/C24H16BrCl2NO4/c1-13-22(24(30)31-2)23(29)20(28(13)16-6-3-14(25)4-7-16)12-17-8-10-21(32-17)18-9-5-15(26)11-19(18)27/h3-12H,1-2H3/b20-12+. The van der Waals surface area contributed by atoms with Crippen LogP contribution < -0.4 is 4.90 Å². The Morgan fingerprint density at radius 1 is 1.09 bits per heavy atom. The van der Waals surface area contributed by atoms with Gasteiger partial charge in [0.15, 0.2) is 0 Å². The molecular weight excluding hydrogens is 517 g/mol. The van der Waals surface area contributed by atoms with E-state index in [1.54, 1.807) is 48.2 Å². The maximum absolute atomic E-state index is 13.2. The number of furan rings is 1. The van der Waals surface area contributed by atoms with Crippen molar-refractivity contribution in [3.63, 3.8) is 0 Å². The molecule has 0 N–H and O–H groups in total. The van der Waals surface area contributed by atoms with E-state index in [2.05, 4.69) is 15.9 Å². The Morgan fingerprint density at radius 3 is 2.47 bits per heavy atom. The number of rotatable bonds is 4. The van der Waals surface area contributed by atoms with Crippen molar-refractivity contribution in [3.05, 3.63) is 91.8 Å². The predicted octanol–water partition coefficient (Wildman–Crippen LogP) is 6.89. The van der Waals surface area contributed by atoms with Crippen LogP contribution in [-0.4, -0.2) is 18.9 Å². The molecule has 0 radical (unpaired) electrons. The smallest absolute Gasteiger partial charge is 0.343 e. The zero-order chi connectivity index (χ0) is 23.0. The molecule has 0 aliphatic carbocycles. The third kappa shape index (κ3) is 4.13. The average Bonchev–Trinajstić information content (AvgIpc) is 3.31. The van der Waals surface area contributed by atoms with Gasteiger partial charge in [-0.15, -0.1) is 0 Å². The van der Waals surface area contributed by atoms with Gasteiger partial charge < -0.3 is 14.1 Å². The highest BCUT2D eigenvalue weighted by atomic mass is 79.9. The zero-order valence-corrected chi connectivity index (χ0v) is 20.1. The van der Waals surface area contributed by atoms with Gasteiger partial charge in [0.1, 0.15) is 17.1 Å². The Kier molecular flexibility index (Phi) is 6.29. The molecule has 0 bridgehead atoms. The summed E-state index contributed by atoms with van der Waals surface area (Å²) in [5, 5.41) is 0.969. The number of ether oxygens (including phenoxy) is 1. The first-order valence-corrected chi connectivity index (χ1v) is 11.0. The summed E-state index contributed by atoms with van der Waals surface area (Å²) in [6.07, 6.45) is 1.59. The van der Waals surface area contributed by atoms with Gasteiger partial charge in [-0.1, -0.05) is 39.1 Å². The number of benzene rings is 2. The molecule has 3 aromatic rings. The van der Waals surface area contributed by atoms with Gasteiger partial charge in [0, 0.05) is 32.5 Å². The lowest BCUT2D eigenvalue weighted by atomic mass is 10.1. The molecule has 2 aromatic carbocycles. The van der Waals surface area contributed by atoms with Crippen LogP contribution >= 0.6 is 39.1 Å². The molecule has 0 spiro atoms. The van der Waals surface area contributed by atoms with E-state index in [9.17, 15) is 9.59 Å². The summed E-state index contributed by atoms with van der Waals surface area (Å²) in [4.78, 5) is 27.2. The van der Waals surface area contributed by atoms with Gasteiger partial charge in [-0.3, -0.25) is 4.79 Å². The number of carbonyl (C=O) groups excluding carboxylic acids is 2. The van der Waals surface area contributed by atoms with Crippen LogP contribution in [0.3, 0.4) is 0 Å². The molecule has 0 atom stereocenters. The summed E-state index contributed by atoms with van der Waals surface area (Å²) < 4.78 is 11.7. The first-order chi connectivity index (χ1) is 15.3. The summed E-state index contributed by atoms with van der Waals surface area (Å²) in [6, 6.07) is 16.0. The van der Waals surface area contributed by atoms with E-state index in [1.165, 1.54) is 7.11 Å². The van der Waals surface area contributed by atoms with Crippen LogP contribution in [0, 0.1) is 0 Å². The number of anilines is 1. The number of methoxy groups -OCH3 is 1. The maximum atomic E-state index is 13.2. The van der Waals surface area contributed by atoms with Gasteiger partial charge >= 0.3 is 5.97 Å². The lowest BCUT2D eigenvalue weighted by molar-refractivity contribution is -0.137. The topological polar surface area (TPSA) is 59.8 Å². The number of nitrogens with zero attached hydrogens (tertiary/aromatic N) is 1. The molecule has 0 saturated heterocycles. The van der Waals surface area contributed by atoms with Crippen LogP contribution in [0.5, 0.6) is 0 Å². The molecule has 1 aromatic heterocycles. The summed E-state index contributed by atoms with van der Waals surface area (Å²) in [5.41, 5.74) is 2.12. The fourth-order valence-electron chi connectivity index (χ4n) is 3.48. The van der Waals surface area contributed by atoms with Crippen molar-refractivity contribution >= 4 is 62.6 Å². The molecule has 1 aliphatic heterocycles. The van der Waals surface area contributed by atoms with E-state index in [0.717, 1.165) is 10.2 Å². The van der Waals surface area contributed by atoms with E-state index in [0.29, 0.717) is 32.8 Å². The minimum absolute atomic E-state index is 0.0193. The van der Waals surface area contributed by atoms with Crippen molar-refractivity contribution in [1.82, 2.24) is 0 Å². The molecule has 32 heavy (non-hydrogen) atoms. The Labute approximate surface area is 203 Å². The van der Waals surface area contributed by atoms with E-state index in [4.69, 9.17) is 32.4 Å². The quantitative estimate of drug-likeness (QED) is 0.208. The molecule has 0 saturated carbocycles. The van der Waals surface area contributed by atoms with Crippen LogP contribution in [0.2, 0.25) is 10.0 Å². The number of Topliss-reactive ketones (excluding diaryl/α,β-unsaturated/α-hetero) is 1. The van der Waals surface area contributed by atoms with Crippen LogP contribution in [0.1, 0.15) is 12.7 Å². The first-order valence-electron chi connectivity index (χ1n) is 9.46. The molecule has 0 amide bonds. The van der Waals surface area contributed by atoms with Gasteiger partial charge in [-0.2, -0.15) is 0 Å². The van der Waals surface area contributed by atoms with Crippen molar-refractivity contribution in [2.24, 2.45) is 0 Å². The van der Waals surface area contributed by atoms with Gasteiger partial charge in [-0.25, -0.2) is 4.79 Å². The number of hydrogen-bond acceptors (Lipinski definition) is 5. The number of ketones is 1. The second-order valence-corrected chi connectivity index (χ2v) is 8.71. The van der Waals surface area contributed by atoms with Crippen molar-refractivity contribution < 1.29 is 18.7 Å². The zero-order valence-electron chi connectivity index (χ0n) is 17.0. The van der Waals surface area contributed by atoms with E-state index in [1.807, 2.05) is 24.3 Å². The molecule has 0 unspecified atom stereocenters. The van der Waals surface area contributed by atoms with E-state index < -0.39 is 11.8 Å². The first kappa shape index (κ1) is 22.4. The monoisotopic (exact) mass is 531 g/mol. The molecule has 8 heteroatoms. The fourth-order valence-corrected chi connectivity index (χ4v) is 4.25. The highest BCUT2D eigenvalue weighted by Crippen LogP contribution is 2.37. The lowest BCUT2D eigenvalue weighted by Gasteiger charge is -2.21. The average molecular weight is 533 g/mol. The van der Waals surface area contributed by atoms with Crippen LogP contribution in [0.25, 0.3) is 17.4 Å². The largest absolute Gasteiger partial charge is 0.465 e. The van der Waals surface area contributed by atoms with Gasteiger partial charge in [0.25, 0.3) is 0 Å². The van der Waals surface area contributed by atoms with Crippen LogP contribution in [0.4, 0.5) is 5.69 Å². The van der Waals surface area contributed by atoms with Gasteiger partial charge in [0.05, 0.1) is 17.8 Å². The number of esters is 1. The summed E-state index contributed by atoms with van der Waals surface area (Å²) in [6.45, 7) is 1.70. The van der Waals surface area contributed by atoms with Crippen molar-refractivity contribution in [3.8, 4) is 11.3 Å². The van der Waals surface area contributed by atoms with Gasteiger partial charge in [0.2, 0.25) is 5.78 Å². The normalized spacial score (nSPS) is 15.1. The summed E-state index contributed by atoms with van der Waals surface area (Å²) in [5.74, 6) is -0.182. The molecule has 0 fully saturated rings. The van der Waals surface area contributed by atoms with Crippen molar-refractivity contribution in [1.29, 1.82) is 0 Å². The summed E-state index contributed by atoms with van der Waals surface area (Å²) in [7, 11) is 1.25. The van der Waals surface area contributed by atoms with Crippen LogP contribution in [-0.2, 0) is 14.3 Å². The Balaban J connectivity index is 1.78. The number of allylic oxidation sites excluding steroid dienone is 2. The Morgan fingerprint density at radius 2 is 1.81 bits per heavy atom. The lowest BCUT2D eigenvalue weighted by Crippen LogP contribution is -2.18. The second kappa shape index (κ2) is 8.98. The van der Waals surface area contributed by atoms with Crippen molar-refractivity contribution in [2.75, 3.05) is 12.0 Å². The van der Waals surface area contributed by atoms with Crippen LogP contribution in [0.15, 0.2) is 80.5 Å². The minimum atomic E-state index is -0.689. The van der Waals surface area contributed by atoms with E-state index in [-0.39, 0.29) is 11.3 Å². The minimum Gasteiger partial charge on any atom is -0.465 e. The molecule has 1 aliphatic rings. The number of halogens is 3. The fraction of sp³-hybridized carbons (Fsp3) is 0.0833. The maximum Gasteiger partial charge on any atom is 0.343 e. The SMILES string of the molecule is COC(=O)C1=C(C)N(c2ccc(Br)cc2)/C(=C/c2ccc(-c3ccc(Cl)cc3Cl)o2)C1=O. The molecule has 5 nitrogen and oxygen atoms in total. The molecule has 162 valence electrons. The molecule has 4 rings (SSSR count). The predicted molar refractivity (Wildman–Crippen MR) is 128 cm³/mol. The van der Waals surface area contributed by atoms with E-state index >= 15 is 0 Å². The number of hydrogen-bond donors (Lipinski definition) is 0.